The number of hydrogen-bond donors (Lipinski definition) is 2. The molecule has 0 bridgehead atoms. The first kappa shape index (κ1) is 18.3. The summed E-state index contributed by atoms with van der Waals surface area (Å²) in [5.41, 5.74) is 5.56. The molecular formula is C15H30N4OS. The summed E-state index contributed by atoms with van der Waals surface area (Å²) in [5.74, 6) is 0.123. The van der Waals surface area contributed by atoms with E-state index in [2.05, 4.69) is 42.8 Å². The van der Waals surface area contributed by atoms with Gasteiger partial charge in [-0.1, -0.05) is 25.6 Å². The van der Waals surface area contributed by atoms with Crippen LogP contribution < -0.4 is 11.1 Å². The summed E-state index contributed by atoms with van der Waals surface area (Å²) in [6, 6.07) is 0.261. The van der Waals surface area contributed by atoms with Crippen molar-refractivity contribution in [3.05, 3.63) is 0 Å². The van der Waals surface area contributed by atoms with Crippen molar-refractivity contribution in [3.63, 3.8) is 0 Å². The summed E-state index contributed by atoms with van der Waals surface area (Å²) in [7, 11) is 0. The number of rotatable bonds is 7. The third-order valence-corrected chi connectivity index (χ3v) is 4.76. The number of amides is 1. The Balaban J connectivity index is 2.37. The maximum atomic E-state index is 12.0. The number of carbonyl (C=O) groups is 1. The van der Waals surface area contributed by atoms with Gasteiger partial charge in [0, 0.05) is 32.2 Å². The predicted molar refractivity (Wildman–Crippen MR) is 91.4 cm³/mol. The maximum Gasteiger partial charge on any atom is 0.234 e. The number of piperazine rings is 1. The van der Waals surface area contributed by atoms with Crippen LogP contribution in [-0.4, -0.2) is 65.0 Å². The molecule has 0 aromatic heterocycles. The molecule has 1 rings (SSSR count). The Morgan fingerprint density at radius 2 is 1.90 bits per heavy atom. The topological polar surface area (TPSA) is 61.6 Å². The second-order valence-electron chi connectivity index (χ2n) is 6.44. The van der Waals surface area contributed by atoms with Crippen LogP contribution in [0, 0.1) is 0 Å². The molecule has 0 aromatic carbocycles. The fraction of sp³-hybridized carbons (Fsp3) is 0.867. The number of carbonyl (C=O) groups excluding carboxylic acids is 1. The summed E-state index contributed by atoms with van der Waals surface area (Å²) in [6.07, 6.45) is 2.12. The average molecular weight is 314 g/mol. The van der Waals surface area contributed by atoms with Crippen LogP contribution >= 0.6 is 12.2 Å². The molecule has 5 nitrogen and oxygen atoms in total. The van der Waals surface area contributed by atoms with Crippen molar-refractivity contribution in [2.45, 2.75) is 52.1 Å². The summed E-state index contributed by atoms with van der Waals surface area (Å²) in [5, 5.41) is 3.05. The van der Waals surface area contributed by atoms with Crippen molar-refractivity contribution < 1.29 is 4.79 Å². The van der Waals surface area contributed by atoms with Crippen molar-refractivity contribution in [2.24, 2.45) is 5.73 Å². The molecule has 1 amide bonds. The van der Waals surface area contributed by atoms with Gasteiger partial charge in [-0.3, -0.25) is 14.6 Å². The molecule has 6 heteroatoms. The van der Waals surface area contributed by atoms with E-state index in [1.807, 2.05) is 0 Å². The lowest BCUT2D eigenvalue weighted by molar-refractivity contribution is -0.123. The van der Waals surface area contributed by atoms with E-state index in [0.717, 1.165) is 39.0 Å². The first-order chi connectivity index (χ1) is 9.77. The largest absolute Gasteiger partial charge is 0.392 e. The first-order valence-corrected chi connectivity index (χ1v) is 8.24. The molecule has 21 heavy (non-hydrogen) atoms. The van der Waals surface area contributed by atoms with Gasteiger partial charge in [-0.15, -0.1) is 0 Å². The van der Waals surface area contributed by atoms with Crippen LogP contribution in [0.15, 0.2) is 0 Å². The van der Waals surface area contributed by atoms with Crippen LogP contribution in [0.1, 0.15) is 40.5 Å². The molecule has 0 spiro atoms. The minimum absolute atomic E-state index is 0.123. The molecule has 0 aliphatic carbocycles. The van der Waals surface area contributed by atoms with Crippen molar-refractivity contribution in [1.82, 2.24) is 15.1 Å². The van der Waals surface area contributed by atoms with Gasteiger partial charge in [-0.2, -0.15) is 0 Å². The van der Waals surface area contributed by atoms with E-state index >= 15 is 0 Å². The number of nitrogens with zero attached hydrogens (tertiary/aromatic N) is 2. The zero-order chi connectivity index (χ0) is 16.0. The van der Waals surface area contributed by atoms with E-state index in [1.54, 1.807) is 0 Å². The zero-order valence-corrected chi connectivity index (χ0v) is 14.6. The second-order valence-corrected chi connectivity index (χ2v) is 6.88. The fourth-order valence-corrected chi connectivity index (χ4v) is 2.78. The summed E-state index contributed by atoms with van der Waals surface area (Å²) >= 11 is 5.14. The zero-order valence-electron chi connectivity index (χ0n) is 13.8. The van der Waals surface area contributed by atoms with Crippen LogP contribution in [-0.2, 0) is 4.79 Å². The van der Waals surface area contributed by atoms with Gasteiger partial charge in [0.25, 0.3) is 0 Å². The van der Waals surface area contributed by atoms with Crippen molar-refractivity contribution in [1.29, 1.82) is 0 Å². The second kappa shape index (κ2) is 8.06. The SMILES string of the molecule is CCCC(C)NC(=O)CN1CCN(C(C)(C)C(N)=S)CC1. The molecule has 122 valence electrons. The van der Waals surface area contributed by atoms with Crippen LogP contribution in [0.4, 0.5) is 0 Å². The summed E-state index contributed by atoms with van der Waals surface area (Å²) in [6.45, 7) is 12.3. The number of nitrogens with two attached hydrogens (primary N) is 1. The molecule has 1 aliphatic heterocycles. The van der Waals surface area contributed by atoms with Gasteiger partial charge in [-0.25, -0.2) is 0 Å². The molecule has 1 saturated heterocycles. The lowest BCUT2D eigenvalue weighted by atomic mass is 10.0. The molecule has 1 aliphatic rings. The third kappa shape index (κ3) is 5.52. The molecule has 0 radical (unpaired) electrons. The Morgan fingerprint density at radius 3 is 2.38 bits per heavy atom. The standard InChI is InChI=1S/C15H30N4OS/c1-5-6-12(2)17-13(20)11-18-7-9-19(10-8-18)15(3,4)14(16)21/h12H,5-11H2,1-4H3,(H2,16,21)(H,17,20). The van der Waals surface area contributed by atoms with E-state index in [4.69, 9.17) is 18.0 Å². The van der Waals surface area contributed by atoms with Gasteiger partial charge in [-0.05, 0) is 27.2 Å². The maximum absolute atomic E-state index is 12.0. The first-order valence-electron chi connectivity index (χ1n) is 7.84. The van der Waals surface area contributed by atoms with Gasteiger partial charge in [0.2, 0.25) is 5.91 Å². The molecule has 1 heterocycles. The van der Waals surface area contributed by atoms with Crippen LogP contribution in [0.5, 0.6) is 0 Å². The quantitative estimate of drug-likeness (QED) is 0.686. The van der Waals surface area contributed by atoms with Gasteiger partial charge in [0.05, 0.1) is 17.1 Å². The number of hydrogen-bond acceptors (Lipinski definition) is 4. The fourth-order valence-electron chi connectivity index (χ4n) is 2.65. The van der Waals surface area contributed by atoms with Gasteiger partial charge >= 0.3 is 0 Å². The Morgan fingerprint density at radius 1 is 1.33 bits per heavy atom. The van der Waals surface area contributed by atoms with E-state index < -0.39 is 0 Å². The van der Waals surface area contributed by atoms with Gasteiger partial charge < -0.3 is 11.1 Å². The van der Waals surface area contributed by atoms with Crippen LogP contribution in [0.3, 0.4) is 0 Å². The highest BCUT2D eigenvalue weighted by atomic mass is 32.1. The summed E-state index contributed by atoms with van der Waals surface area (Å²) < 4.78 is 0. The minimum Gasteiger partial charge on any atom is -0.392 e. The molecule has 1 atom stereocenters. The smallest absolute Gasteiger partial charge is 0.234 e. The normalized spacial score (nSPS) is 19.2. The molecule has 1 unspecified atom stereocenters. The average Bonchev–Trinajstić information content (AvgIpc) is 2.39. The Kier molecular flexibility index (Phi) is 7.03. The summed E-state index contributed by atoms with van der Waals surface area (Å²) in [4.78, 5) is 17.0. The highest BCUT2D eigenvalue weighted by Crippen LogP contribution is 2.17. The lowest BCUT2D eigenvalue weighted by Gasteiger charge is -2.43. The molecule has 0 aromatic rings. The van der Waals surface area contributed by atoms with Crippen molar-refractivity contribution in [2.75, 3.05) is 32.7 Å². The highest BCUT2D eigenvalue weighted by molar-refractivity contribution is 7.80. The van der Waals surface area contributed by atoms with Crippen molar-refractivity contribution in [3.8, 4) is 0 Å². The Labute approximate surface area is 134 Å². The van der Waals surface area contributed by atoms with E-state index in [9.17, 15) is 4.79 Å². The van der Waals surface area contributed by atoms with E-state index in [1.165, 1.54) is 0 Å². The molecular weight excluding hydrogens is 284 g/mol. The Hall–Kier alpha value is -0.720. The van der Waals surface area contributed by atoms with Crippen LogP contribution in [0.25, 0.3) is 0 Å². The van der Waals surface area contributed by atoms with Gasteiger partial charge in [0.15, 0.2) is 0 Å². The number of nitrogens with one attached hydrogen (secondary N) is 1. The third-order valence-electron chi connectivity index (χ3n) is 4.26. The van der Waals surface area contributed by atoms with E-state index in [0.29, 0.717) is 11.5 Å². The Bertz CT molecular complexity index is 365. The molecule has 0 saturated carbocycles. The van der Waals surface area contributed by atoms with E-state index in [-0.39, 0.29) is 17.5 Å². The minimum atomic E-state index is -0.251. The number of thiocarbonyl (C=S) groups is 1. The molecule has 1 fully saturated rings. The predicted octanol–water partition coefficient (Wildman–Crippen LogP) is 0.974. The van der Waals surface area contributed by atoms with Gasteiger partial charge in [0.1, 0.15) is 0 Å². The molecule has 3 N–H and O–H groups in total. The monoisotopic (exact) mass is 314 g/mol. The van der Waals surface area contributed by atoms with Crippen LogP contribution in [0.2, 0.25) is 0 Å². The lowest BCUT2D eigenvalue weighted by Crippen LogP contribution is -2.60. The van der Waals surface area contributed by atoms with Crippen molar-refractivity contribution >= 4 is 23.1 Å². The highest BCUT2D eigenvalue weighted by Gasteiger charge is 2.32.